The molecule has 0 bridgehead atoms. The van der Waals surface area contributed by atoms with Gasteiger partial charge >= 0.3 is 6.18 Å². The molecule has 2 nitrogen and oxygen atoms in total. The molecule has 3 rings (SSSR count). The van der Waals surface area contributed by atoms with Crippen molar-refractivity contribution in [2.75, 3.05) is 6.54 Å². The first-order chi connectivity index (χ1) is 10.5. The maximum absolute atomic E-state index is 12.9. The van der Waals surface area contributed by atoms with Crippen molar-refractivity contribution >= 4 is 0 Å². The fraction of sp³-hybridized carbons (Fsp3) is 0.647. The topological polar surface area (TPSA) is 29.3 Å². The summed E-state index contributed by atoms with van der Waals surface area (Å²) < 4.78 is 38.8. The molecule has 0 radical (unpaired) electrons. The van der Waals surface area contributed by atoms with Crippen LogP contribution >= 0.6 is 0 Å². The standard InChI is InChI=1S/C17H23F3N2/c18-17(19,20)13-8-7-12-11-22(16(10-21)15(12)9-13)14-5-3-1-2-4-6-14/h7-9,14,16H,1-6,10-11,21H2. The van der Waals surface area contributed by atoms with Crippen molar-refractivity contribution in [3.63, 3.8) is 0 Å². The molecule has 1 heterocycles. The third-order valence-electron chi connectivity index (χ3n) is 5.10. The summed E-state index contributed by atoms with van der Waals surface area (Å²) in [6, 6.07) is 4.53. The Morgan fingerprint density at radius 3 is 2.36 bits per heavy atom. The number of alkyl halides is 3. The summed E-state index contributed by atoms with van der Waals surface area (Å²) in [5.74, 6) is 0. The summed E-state index contributed by atoms with van der Waals surface area (Å²) in [5, 5.41) is 0. The Morgan fingerprint density at radius 1 is 1.09 bits per heavy atom. The molecule has 1 aliphatic carbocycles. The minimum Gasteiger partial charge on any atom is -0.329 e. The van der Waals surface area contributed by atoms with Crippen LogP contribution in [-0.2, 0) is 12.7 Å². The summed E-state index contributed by atoms with van der Waals surface area (Å²) in [6.45, 7) is 1.12. The molecule has 1 aromatic rings. The molecule has 1 atom stereocenters. The van der Waals surface area contributed by atoms with Crippen molar-refractivity contribution in [1.29, 1.82) is 0 Å². The quantitative estimate of drug-likeness (QED) is 0.828. The Labute approximate surface area is 129 Å². The second-order valence-corrected chi connectivity index (χ2v) is 6.48. The fourth-order valence-corrected chi connectivity index (χ4v) is 3.95. The Morgan fingerprint density at radius 2 is 1.77 bits per heavy atom. The highest BCUT2D eigenvalue weighted by Gasteiger charge is 2.37. The van der Waals surface area contributed by atoms with E-state index in [2.05, 4.69) is 4.90 Å². The maximum Gasteiger partial charge on any atom is 0.416 e. The number of benzene rings is 1. The van der Waals surface area contributed by atoms with Gasteiger partial charge in [0.15, 0.2) is 0 Å². The van der Waals surface area contributed by atoms with Gasteiger partial charge < -0.3 is 5.73 Å². The van der Waals surface area contributed by atoms with E-state index < -0.39 is 11.7 Å². The molecule has 5 heteroatoms. The first kappa shape index (κ1) is 15.8. The summed E-state index contributed by atoms with van der Waals surface area (Å²) in [5.41, 5.74) is 7.14. The van der Waals surface area contributed by atoms with E-state index in [1.54, 1.807) is 6.07 Å². The zero-order valence-corrected chi connectivity index (χ0v) is 12.7. The molecule has 2 aliphatic rings. The third-order valence-corrected chi connectivity index (χ3v) is 5.10. The molecule has 2 N–H and O–H groups in total. The van der Waals surface area contributed by atoms with Crippen molar-refractivity contribution < 1.29 is 13.2 Å². The molecule has 0 amide bonds. The number of nitrogens with zero attached hydrogens (tertiary/aromatic N) is 1. The molecule has 1 fully saturated rings. The van der Waals surface area contributed by atoms with Crippen molar-refractivity contribution in [1.82, 2.24) is 4.90 Å². The van der Waals surface area contributed by atoms with Crippen LogP contribution < -0.4 is 5.73 Å². The van der Waals surface area contributed by atoms with Gasteiger partial charge in [0.25, 0.3) is 0 Å². The number of hydrogen-bond donors (Lipinski definition) is 1. The average molecular weight is 312 g/mol. The van der Waals surface area contributed by atoms with Gasteiger partial charge in [0.1, 0.15) is 0 Å². The SMILES string of the molecule is NCC1c2cc(C(F)(F)F)ccc2CN1C1CCCCCC1. The van der Waals surface area contributed by atoms with Crippen molar-refractivity contribution in [2.24, 2.45) is 5.73 Å². The van der Waals surface area contributed by atoms with Crippen LogP contribution in [0.1, 0.15) is 61.3 Å². The van der Waals surface area contributed by atoms with Gasteiger partial charge in [-0.15, -0.1) is 0 Å². The van der Waals surface area contributed by atoms with Crippen LogP contribution in [0.3, 0.4) is 0 Å². The predicted octanol–water partition coefficient (Wildman–Crippen LogP) is 4.24. The second-order valence-electron chi connectivity index (χ2n) is 6.48. The highest BCUT2D eigenvalue weighted by molar-refractivity contribution is 5.39. The van der Waals surface area contributed by atoms with Crippen LogP contribution in [0.15, 0.2) is 18.2 Å². The highest BCUT2D eigenvalue weighted by atomic mass is 19.4. The average Bonchev–Trinajstić information content (AvgIpc) is 2.65. The van der Waals surface area contributed by atoms with E-state index in [0.29, 0.717) is 12.6 Å². The molecular weight excluding hydrogens is 289 g/mol. The lowest BCUT2D eigenvalue weighted by molar-refractivity contribution is -0.137. The van der Waals surface area contributed by atoms with Gasteiger partial charge in [-0.2, -0.15) is 13.2 Å². The minimum atomic E-state index is -4.29. The Balaban J connectivity index is 1.87. The predicted molar refractivity (Wildman–Crippen MR) is 80.3 cm³/mol. The lowest BCUT2D eigenvalue weighted by Gasteiger charge is -2.32. The van der Waals surface area contributed by atoms with Gasteiger partial charge in [-0.05, 0) is 36.1 Å². The number of hydrogen-bond acceptors (Lipinski definition) is 2. The monoisotopic (exact) mass is 312 g/mol. The van der Waals surface area contributed by atoms with Crippen molar-refractivity contribution in [3.05, 3.63) is 34.9 Å². The first-order valence-corrected chi connectivity index (χ1v) is 8.16. The Hall–Kier alpha value is -1.07. The molecule has 22 heavy (non-hydrogen) atoms. The van der Waals surface area contributed by atoms with E-state index in [0.717, 1.165) is 30.5 Å². The summed E-state index contributed by atoms with van der Waals surface area (Å²) >= 11 is 0. The zero-order chi connectivity index (χ0) is 15.7. The van der Waals surface area contributed by atoms with Crippen LogP contribution in [0, 0.1) is 0 Å². The van der Waals surface area contributed by atoms with Gasteiger partial charge in [0.2, 0.25) is 0 Å². The number of nitrogens with two attached hydrogens (primary N) is 1. The normalized spacial score (nSPS) is 24.3. The lowest BCUT2D eigenvalue weighted by atomic mass is 10.0. The Kier molecular flexibility index (Phi) is 4.46. The van der Waals surface area contributed by atoms with Crippen LogP contribution in [0.2, 0.25) is 0 Å². The first-order valence-electron chi connectivity index (χ1n) is 8.16. The lowest BCUT2D eigenvalue weighted by Crippen LogP contribution is -2.36. The summed E-state index contributed by atoms with van der Waals surface area (Å²) in [6.07, 6.45) is 2.94. The van der Waals surface area contributed by atoms with Crippen LogP contribution in [-0.4, -0.2) is 17.5 Å². The maximum atomic E-state index is 12.9. The third kappa shape index (κ3) is 3.01. The molecule has 0 aromatic heterocycles. The van der Waals surface area contributed by atoms with E-state index in [1.807, 2.05) is 0 Å². The fourth-order valence-electron chi connectivity index (χ4n) is 3.95. The highest BCUT2D eigenvalue weighted by Crippen LogP contribution is 2.40. The van der Waals surface area contributed by atoms with E-state index in [-0.39, 0.29) is 6.04 Å². The summed E-state index contributed by atoms with van der Waals surface area (Å²) in [7, 11) is 0. The van der Waals surface area contributed by atoms with Crippen molar-refractivity contribution in [2.45, 2.75) is 63.3 Å². The van der Waals surface area contributed by atoms with Crippen LogP contribution in [0.5, 0.6) is 0 Å². The Bertz CT molecular complexity index is 519. The van der Waals surface area contributed by atoms with Gasteiger partial charge in [0, 0.05) is 25.2 Å². The summed E-state index contributed by atoms with van der Waals surface area (Å²) in [4.78, 5) is 2.34. The van der Waals surface area contributed by atoms with Crippen molar-refractivity contribution in [3.8, 4) is 0 Å². The molecule has 122 valence electrons. The molecule has 1 aliphatic heterocycles. The number of rotatable bonds is 2. The van der Waals surface area contributed by atoms with Crippen LogP contribution in [0.4, 0.5) is 13.2 Å². The number of halogens is 3. The zero-order valence-electron chi connectivity index (χ0n) is 12.7. The number of fused-ring (bicyclic) bond motifs is 1. The van der Waals surface area contributed by atoms with Gasteiger partial charge in [-0.1, -0.05) is 31.7 Å². The van der Waals surface area contributed by atoms with Gasteiger partial charge in [-0.3, -0.25) is 4.90 Å². The van der Waals surface area contributed by atoms with E-state index in [4.69, 9.17) is 5.73 Å². The molecule has 1 unspecified atom stereocenters. The smallest absolute Gasteiger partial charge is 0.329 e. The second kappa shape index (κ2) is 6.20. The molecule has 0 saturated heterocycles. The van der Waals surface area contributed by atoms with Gasteiger partial charge in [-0.25, -0.2) is 0 Å². The minimum absolute atomic E-state index is 0.0691. The largest absolute Gasteiger partial charge is 0.416 e. The van der Waals surface area contributed by atoms with E-state index in [9.17, 15) is 13.2 Å². The molecule has 1 saturated carbocycles. The van der Waals surface area contributed by atoms with Gasteiger partial charge in [0.05, 0.1) is 5.56 Å². The van der Waals surface area contributed by atoms with E-state index >= 15 is 0 Å². The molecule has 1 aromatic carbocycles. The van der Waals surface area contributed by atoms with Crippen LogP contribution in [0.25, 0.3) is 0 Å². The van der Waals surface area contributed by atoms with E-state index in [1.165, 1.54) is 37.8 Å². The molecule has 0 spiro atoms. The molecular formula is C17H23F3N2.